The van der Waals surface area contributed by atoms with E-state index < -0.39 is 29.5 Å². The summed E-state index contributed by atoms with van der Waals surface area (Å²) in [6, 6.07) is 14.3. The van der Waals surface area contributed by atoms with Crippen LogP contribution in [0.2, 0.25) is 0 Å². The van der Waals surface area contributed by atoms with Gasteiger partial charge in [-0.15, -0.1) is 0 Å². The van der Waals surface area contributed by atoms with E-state index in [2.05, 4.69) is 10.1 Å². The molecule has 4 aromatic rings. The summed E-state index contributed by atoms with van der Waals surface area (Å²) in [5.74, 6) is -2.21. The van der Waals surface area contributed by atoms with Gasteiger partial charge < -0.3 is 20.3 Å². The number of carbonyl (C=O) groups is 2. The van der Waals surface area contributed by atoms with Gasteiger partial charge in [0, 0.05) is 28.7 Å². The number of benzene rings is 2. The summed E-state index contributed by atoms with van der Waals surface area (Å²) in [5.41, 5.74) is 6.70. The van der Waals surface area contributed by atoms with E-state index >= 15 is 0 Å². The number of ether oxygens (including phenoxy) is 1. The topological polar surface area (TPSA) is 197 Å². The second kappa shape index (κ2) is 10.7. The molecule has 36 heavy (non-hydrogen) atoms. The molecule has 0 aliphatic carbocycles. The number of aromatic amines is 2. The Hall–Kier alpha value is -4.68. The molecule has 2 aromatic carbocycles. The molecule has 0 saturated carbocycles. The van der Waals surface area contributed by atoms with E-state index in [1.807, 2.05) is 30.3 Å². The van der Waals surface area contributed by atoms with Crippen molar-refractivity contribution in [3.63, 3.8) is 0 Å². The molecular weight excluding hydrogens is 470 g/mol. The minimum absolute atomic E-state index is 0. The third kappa shape index (κ3) is 5.51. The SMILES string of the molecule is CC(N)OC(=O)/C(=C\C(=O)O)c1c[nH]c2ccc(Cn3[nH]c(=O)n(Cc4ccccc4)c3=O)cc12.O. The first-order chi connectivity index (χ1) is 16.7. The smallest absolute Gasteiger partial charge is 0.347 e. The van der Waals surface area contributed by atoms with Crippen LogP contribution < -0.4 is 17.1 Å². The predicted molar refractivity (Wildman–Crippen MR) is 131 cm³/mol. The zero-order valence-electron chi connectivity index (χ0n) is 19.2. The van der Waals surface area contributed by atoms with Crippen molar-refractivity contribution >= 4 is 28.4 Å². The van der Waals surface area contributed by atoms with Crippen LogP contribution in [0.3, 0.4) is 0 Å². The monoisotopic (exact) mass is 495 g/mol. The van der Waals surface area contributed by atoms with E-state index in [0.29, 0.717) is 22.0 Å². The van der Waals surface area contributed by atoms with Gasteiger partial charge in [-0.25, -0.2) is 33.5 Å². The Kier molecular flexibility index (Phi) is 7.72. The average molecular weight is 495 g/mol. The highest BCUT2D eigenvalue weighted by Gasteiger charge is 2.21. The van der Waals surface area contributed by atoms with Crippen LogP contribution in [0.5, 0.6) is 0 Å². The summed E-state index contributed by atoms with van der Waals surface area (Å²) >= 11 is 0. The maximum Gasteiger partial charge on any atom is 0.347 e. The number of carboxylic acid groups (broad SMARTS) is 1. The van der Waals surface area contributed by atoms with Crippen LogP contribution in [0.4, 0.5) is 0 Å². The lowest BCUT2D eigenvalue weighted by atomic mass is 10.0. The van der Waals surface area contributed by atoms with Crippen molar-refractivity contribution in [3.05, 3.63) is 98.5 Å². The summed E-state index contributed by atoms with van der Waals surface area (Å²) < 4.78 is 7.29. The zero-order valence-corrected chi connectivity index (χ0v) is 19.2. The number of carboxylic acids is 1. The van der Waals surface area contributed by atoms with E-state index in [-0.39, 0.29) is 24.1 Å². The molecule has 4 rings (SSSR count). The molecule has 188 valence electrons. The number of esters is 1. The Morgan fingerprint density at radius 3 is 2.50 bits per heavy atom. The molecule has 0 amide bonds. The quantitative estimate of drug-likeness (QED) is 0.154. The van der Waals surface area contributed by atoms with Crippen molar-refractivity contribution < 1.29 is 24.9 Å². The molecule has 0 fully saturated rings. The Morgan fingerprint density at radius 2 is 1.83 bits per heavy atom. The number of rotatable bonds is 8. The average Bonchev–Trinajstić information content (AvgIpc) is 3.33. The van der Waals surface area contributed by atoms with E-state index in [1.165, 1.54) is 17.8 Å². The summed E-state index contributed by atoms with van der Waals surface area (Å²) in [6.07, 6.45) is 1.32. The number of hydrogen-bond acceptors (Lipinski definition) is 6. The van der Waals surface area contributed by atoms with Gasteiger partial charge >= 0.3 is 23.3 Å². The number of carbonyl (C=O) groups excluding carboxylic acids is 1. The molecule has 0 bridgehead atoms. The highest BCUT2D eigenvalue weighted by molar-refractivity contribution is 6.23. The number of H-pyrrole nitrogens is 2. The predicted octanol–water partition coefficient (Wildman–Crippen LogP) is 0.407. The first kappa shape index (κ1) is 25.9. The molecule has 2 heterocycles. The van der Waals surface area contributed by atoms with Crippen LogP contribution in [0.15, 0.2) is 70.4 Å². The summed E-state index contributed by atoms with van der Waals surface area (Å²) in [5, 5.41) is 12.3. The fourth-order valence-electron chi connectivity index (χ4n) is 3.74. The molecule has 0 spiro atoms. The second-order valence-electron chi connectivity index (χ2n) is 7.95. The summed E-state index contributed by atoms with van der Waals surface area (Å²) in [7, 11) is 0. The fraction of sp³-hybridized carbons (Fsp3) is 0.167. The first-order valence-corrected chi connectivity index (χ1v) is 10.7. The van der Waals surface area contributed by atoms with Gasteiger partial charge in [0.2, 0.25) is 0 Å². The molecule has 12 heteroatoms. The molecule has 0 aliphatic heterocycles. The van der Waals surface area contributed by atoms with Crippen molar-refractivity contribution in [1.82, 2.24) is 19.3 Å². The van der Waals surface area contributed by atoms with Crippen molar-refractivity contribution in [1.29, 1.82) is 0 Å². The third-order valence-electron chi connectivity index (χ3n) is 5.28. The van der Waals surface area contributed by atoms with Gasteiger partial charge in [-0.3, -0.25) is 5.73 Å². The molecule has 1 atom stereocenters. The van der Waals surface area contributed by atoms with Crippen molar-refractivity contribution in [2.24, 2.45) is 5.73 Å². The molecule has 7 N–H and O–H groups in total. The first-order valence-electron chi connectivity index (χ1n) is 10.7. The lowest BCUT2D eigenvalue weighted by Gasteiger charge is -2.10. The van der Waals surface area contributed by atoms with Crippen molar-refractivity contribution in [2.75, 3.05) is 0 Å². The Bertz CT molecular complexity index is 1540. The number of nitrogens with two attached hydrogens (primary N) is 1. The van der Waals surface area contributed by atoms with Crippen LogP contribution >= 0.6 is 0 Å². The summed E-state index contributed by atoms with van der Waals surface area (Å²) in [6.45, 7) is 1.64. The van der Waals surface area contributed by atoms with Gasteiger partial charge in [0.05, 0.1) is 18.7 Å². The van der Waals surface area contributed by atoms with Gasteiger partial charge in [0.25, 0.3) is 0 Å². The molecule has 0 aliphatic rings. The highest BCUT2D eigenvalue weighted by atomic mass is 16.6. The van der Waals surface area contributed by atoms with Crippen LogP contribution in [0.25, 0.3) is 16.5 Å². The highest BCUT2D eigenvalue weighted by Crippen LogP contribution is 2.27. The van der Waals surface area contributed by atoms with Crippen LogP contribution in [-0.4, -0.2) is 48.1 Å². The number of nitrogens with zero attached hydrogens (tertiary/aromatic N) is 2. The summed E-state index contributed by atoms with van der Waals surface area (Å²) in [4.78, 5) is 52.1. The Morgan fingerprint density at radius 1 is 1.11 bits per heavy atom. The molecule has 1 unspecified atom stereocenters. The number of hydrogen-bond donors (Lipinski definition) is 4. The molecule has 0 saturated heterocycles. The zero-order chi connectivity index (χ0) is 25.1. The standard InChI is InChI=1S/C24H23N5O6.H2O/c1-14(25)35-22(32)18(10-21(30)31)19-11-26-20-8-7-16(9-17(19)20)13-29-24(34)28(23(33)27-29)12-15-5-3-2-4-6-15;/h2-11,14,26H,12-13,25H2,1H3,(H,27,33)(H,30,31);1H2/b18-10-;. The fourth-order valence-corrected chi connectivity index (χ4v) is 3.74. The van der Waals surface area contributed by atoms with Gasteiger partial charge in [0.15, 0.2) is 0 Å². The normalized spacial score (nSPS) is 12.2. The minimum atomic E-state index is -1.32. The van der Waals surface area contributed by atoms with Crippen molar-refractivity contribution in [2.45, 2.75) is 26.2 Å². The molecule has 0 radical (unpaired) electrons. The van der Waals surface area contributed by atoms with Gasteiger partial charge in [-0.1, -0.05) is 36.4 Å². The van der Waals surface area contributed by atoms with E-state index in [9.17, 15) is 24.3 Å². The van der Waals surface area contributed by atoms with Gasteiger partial charge in [-0.2, -0.15) is 0 Å². The number of aromatic nitrogens is 4. The van der Waals surface area contributed by atoms with Gasteiger partial charge in [0.1, 0.15) is 6.23 Å². The van der Waals surface area contributed by atoms with E-state index in [0.717, 1.165) is 16.2 Å². The van der Waals surface area contributed by atoms with Crippen LogP contribution in [0.1, 0.15) is 23.6 Å². The maximum atomic E-state index is 12.8. The molecule has 2 aromatic heterocycles. The lowest BCUT2D eigenvalue weighted by Crippen LogP contribution is -2.29. The minimum Gasteiger partial charge on any atom is -0.478 e. The Balaban J connectivity index is 0.00000361. The number of fused-ring (bicyclic) bond motifs is 1. The second-order valence-corrected chi connectivity index (χ2v) is 7.95. The maximum absolute atomic E-state index is 12.8. The number of nitrogens with one attached hydrogen (secondary N) is 2. The molecule has 12 nitrogen and oxygen atoms in total. The number of aliphatic carboxylic acids is 1. The van der Waals surface area contributed by atoms with E-state index in [4.69, 9.17) is 10.5 Å². The Labute approximate surface area is 203 Å². The lowest BCUT2D eigenvalue weighted by molar-refractivity contribution is -0.141. The van der Waals surface area contributed by atoms with Crippen LogP contribution in [0, 0.1) is 0 Å². The van der Waals surface area contributed by atoms with E-state index in [1.54, 1.807) is 18.2 Å². The third-order valence-corrected chi connectivity index (χ3v) is 5.28. The largest absolute Gasteiger partial charge is 0.478 e. The van der Waals surface area contributed by atoms with Crippen LogP contribution in [-0.2, 0) is 27.4 Å². The molecular formula is C24H25N5O7. The van der Waals surface area contributed by atoms with Gasteiger partial charge in [-0.05, 0) is 30.2 Å². The van der Waals surface area contributed by atoms with Crippen molar-refractivity contribution in [3.8, 4) is 0 Å².